The largest absolute Gasteiger partial charge is 0.497 e. The van der Waals surface area contributed by atoms with Crippen molar-refractivity contribution < 1.29 is 9.47 Å². The Kier molecular flexibility index (Phi) is 7.88. The fraction of sp³-hybridized carbons (Fsp3) is 0.500. The molecular formula is C26H36N4O2. The Balaban J connectivity index is 1.19. The lowest BCUT2D eigenvalue weighted by Gasteiger charge is -2.24. The Hall–Kier alpha value is -2.73. The summed E-state index contributed by atoms with van der Waals surface area (Å²) in [6.07, 6.45) is 2.35. The molecule has 6 nitrogen and oxygen atoms in total. The molecular weight excluding hydrogens is 400 g/mol. The third kappa shape index (κ3) is 5.94. The minimum atomic E-state index is 0.562. The van der Waals surface area contributed by atoms with Crippen molar-refractivity contribution in [1.82, 2.24) is 10.2 Å². The van der Waals surface area contributed by atoms with Gasteiger partial charge in [-0.25, -0.2) is 0 Å². The monoisotopic (exact) mass is 436 g/mol. The number of benzene rings is 2. The van der Waals surface area contributed by atoms with Crippen LogP contribution < -0.4 is 15.0 Å². The lowest BCUT2D eigenvalue weighted by Crippen LogP contribution is -2.42. The van der Waals surface area contributed by atoms with E-state index >= 15 is 0 Å². The summed E-state index contributed by atoms with van der Waals surface area (Å²) in [6.45, 7) is 6.65. The number of nitrogens with zero attached hydrogens (tertiary/aromatic N) is 3. The number of aliphatic imine (C=N–C) groups is 1. The molecule has 4 rings (SSSR count). The Morgan fingerprint density at radius 3 is 2.69 bits per heavy atom. The fourth-order valence-electron chi connectivity index (χ4n) is 4.69. The number of methoxy groups -OCH3 is 1. The Bertz CT molecular complexity index is 873. The van der Waals surface area contributed by atoms with Crippen LogP contribution in [-0.2, 0) is 11.3 Å². The fourth-order valence-corrected chi connectivity index (χ4v) is 4.69. The van der Waals surface area contributed by atoms with Crippen molar-refractivity contribution in [2.75, 3.05) is 58.4 Å². The van der Waals surface area contributed by atoms with E-state index in [9.17, 15) is 0 Å². The second kappa shape index (κ2) is 11.2. The number of nitrogens with one attached hydrogen (secondary N) is 1. The maximum absolute atomic E-state index is 5.98. The van der Waals surface area contributed by atoms with E-state index in [0.717, 1.165) is 57.5 Å². The van der Waals surface area contributed by atoms with E-state index in [1.807, 2.05) is 19.2 Å². The zero-order valence-electron chi connectivity index (χ0n) is 19.4. The first kappa shape index (κ1) is 22.5. The van der Waals surface area contributed by atoms with Crippen molar-refractivity contribution in [2.24, 2.45) is 16.8 Å². The van der Waals surface area contributed by atoms with Gasteiger partial charge in [0, 0.05) is 57.4 Å². The van der Waals surface area contributed by atoms with E-state index in [4.69, 9.17) is 9.47 Å². The van der Waals surface area contributed by atoms with E-state index in [2.05, 4.69) is 62.6 Å². The molecule has 2 aliphatic heterocycles. The van der Waals surface area contributed by atoms with Crippen molar-refractivity contribution in [1.29, 1.82) is 0 Å². The predicted octanol–water partition coefficient (Wildman–Crippen LogP) is 3.64. The molecule has 6 heteroatoms. The molecule has 2 atom stereocenters. The topological polar surface area (TPSA) is 49.3 Å². The summed E-state index contributed by atoms with van der Waals surface area (Å²) in [5.41, 5.74) is 2.48. The molecule has 32 heavy (non-hydrogen) atoms. The van der Waals surface area contributed by atoms with E-state index in [-0.39, 0.29) is 0 Å². The van der Waals surface area contributed by atoms with Crippen LogP contribution in [0.1, 0.15) is 18.4 Å². The molecule has 0 amide bonds. The maximum Gasteiger partial charge on any atom is 0.193 e. The lowest BCUT2D eigenvalue weighted by atomic mass is 10.1. The molecule has 2 unspecified atom stereocenters. The molecule has 2 aromatic rings. The van der Waals surface area contributed by atoms with Crippen LogP contribution in [0.15, 0.2) is 59.6 Å². The smallest absolute Gasteiger partial charge is 0.193 e. The first-order chi connectivity index (χ1) is 15.7. The summed E-state index contributed by atoms with van der Waals surface area (Å²) in [6, 6.07) is 18.8. The van der Waals surface area contributed by atoms with Crippen LogP contribution in [-0.4, -0.2) is 64.3 Å². The molecule has 0 aromatic heterocycles. The summed E-state index contributed by atoms with van der Waals surface area (Å²) >= 11 is 0. The van der Waals surface area contributed by atoms with Gasteiger partial charge in [-0.3, -0.25) is 4.99 Å². The Morgan fingerprint density at radius 2 is 1.88 bits per heavy atom. The molecule has 0 radical (unpaired) electrons. The van der Waals surface area contributed by atoms with Crippen LogP contribution in [0.5, 0.6) is 5.75 Å². The SMILES string of the molecule is CN=C(NCC1CCN(c2cccc(OC)c2)C1)N1CCC(COCc2ccccc2)C1. The van der Waals surface area contributed by atoms with Gasteiger partial charge in [0.2, 0.25) is 0 Å². The Morgan fingerprint density at radius 1 is 1.03 bits per heavy atom. The minimum absolute atomic E-state index is 0.562. The van der Waals surface area contributed by atoms with Crippen molar-refractivity contribution in [3.8, 4) is 5.75 Å². The van der Waals surface area contributed by atoms with Crippen LogP contribution in [0.2, 0.25) is 0 Å². The molecule has 0 aliphatic carbocycles. The van der Waals surface area contributed by atoms with Crippen LogP contribution in [0.3, 0.4) is 0 Å². The van der Waals surface area contributed by atoms with E-state index in [1.165, 1.54) is 17.7 Å². The van der Waals surface area contributed by atoms with Crippen molar-refractivity contribution >= 4 is 11.6 Å². The quantitative estimate of drug-likeness (QED) is 0.506. The highest BCUT2D eigenvalue weighted by Gasteiger charge is 2.27. The standard InChI is InChI=1S/C26H36N4O2/c1-27-26(30-14-12-23(18-30)20-32-19-21-7-4-3-5-8-21)28-16-22-11-13-29(17-22)24-9-6-10-25(15-24)31-2/h3-10,15,22-23H,11-14,16-20H2,1-2H3,(H,27,28). The molecule has 0 saturated carbocycles. The number of ether oxygens (including phenoxy) is 2. The van der Waals surface area contributed by atoms with Gasteiger partial charge in [0.25, 0.3) is 0 Å². The van der Waals surface area contributed by atoms with Crippen LogP contribution in [0.25, 0.3) is 0 Å². The zero-order chi connectivity index (χ0) is 22.2. The first-order valence-corrected chi connectivity index (χ1v) is 11.7. The molecule has 0 spiro atoms. The van der Waals surface area contributed by atoms with Gasteiger partial charge in [0.1, 0.15) is 5.75 Å². The van der Waals surface area contributed by atoms with Crippen LogP contribution in [0.4, 0.5) is 5.69 Å². The van der Waals surface area contributed by atoms with Crippen molar-refractivity contribution in [3.05, 3.63) is 60.2 Å². The predicted molar refractivity (Wildman–Crippen MR) is 130 cm³/mol. The summed E-state index contributed by atoms with van der Waals surface area (Å²) in [4.78, 5) is 9.39. The highest BCUT2D eigenvalue weighted by atomic mass is 16.5. The summed E-state index contributed by atoms with van der Waals surface area (Å²) in [5.74, 6) is 3.12. The average molecular weight is 437 g/mol. The van der Waals surface area contributed by atoms with Gasteiger partial charge in [0.05, 0.1) is 20.3 Å². The summed E-state index contributed by atoms with van der Waals surface area (Å²) < 4.78 is 11.4. The lowest BCUT2D eigenvalue weighted by molar-refractivity contribution is 0.0906. The van der Waals surface area contributed by atoms with E-state index in [1.54, 1.807) is 7.11 Å². The number of guanidine groups is 1. The molecule has 2 saturated heterocycles. The number of likely N-dealkylation sites (tertiary alicyclic amines) is 1. The average Bonchev–Trinajstić information content (AvgIpc) is 3.51. The Labute approximate surface area is 192 Å². The van der Waals surface area contributed by atoms with Gasteiger partial charge < -0.3 is 24.6 Å². The molecule has 172 valence electrons. The van der Waals surface area contributed by atoms with Gasteiger partial charge in [0.15, 0.2) is 5.96 Å². The van der Waals surface area contributed by atoms with Gasteiger partial charge >= 0.3 is 0 Å². The highest BCUT2D eigenvalue weighted by Crippen LogP contribution is 2.26. The van der Waals surface area contributed by atoms with Crippen molar-refractivity contribution in [2.45, 2.75) is 19.4 Å². The third-order valence-corrected chi connectivity index (χ3v) is 6.52. The van der Waals surface area contributed by atoms with Crippen molar-refractivity contribution in [3.63, 3.8) is 0 Å². The van der Waals surface area contributed by atoms with Gasteiger partial charge in [-0.2, -0.15) is 0 Å². The molecule has 1 N–H and O–H groups in total. The third-order valence-electron chi connectivity index (χ3n) is 6.52. The van der Waals surface area contributed by atoms with Gasteiger partial charge in [-0.15, -0.1) is 0 Å². The molecule has 2 fully saturated rings. The number of anilines is 1. The normalized spacial score (nSPS) is 21.2. The number of hydrogen-bond acceptors (Lipinski definition) is 4. The molecule has 2 aromatic carbocycles. The highest BCUT2D eigenvalue weighted by molar-refractivity contribution is 5.80. The first-order valence-electron chi connectivity index (χ1n) is 11.7. The minimum Gasteiger partial charge on any atom is -0.497 e. The van der Waals surface area contributed by atoms with E-state index in [0.29, 0.717) is 18.4 Å². The molecule has 2 heterocycles. The summed E-state index contributed by atoms with van der Waals surface area (Å²) in [7, 11) is 3.61. The van der Waals surface area contributed by atoms with Gasteiger partial charge in [-0.1, -0.05) is 36.4 Å². The van der Waals surface area contributed by atoms with Gasteiger partial charge in [-0.05, 0) is 36.5 Å². The summed E-state index contributed by atoms with van der Waals surface area (Å²) in [5, 5.41) is 3.63. The molecule has 2 aliphatic rings. The second-order valence-corrected chi connectivity index (χ2v) is 8.83. The zero-order valence-corrected chi connectivity index (χ0v) is 19.4. The van der Waals surface area contributed by atoms with Crippen LogP contribution in [0, 0.1) is 11.8 Å². The number of rotatable bonds is 8. The molecule has 0 bridgehead atoms. The second-order valence-electron chi connectivity index (χ2n) is 8.83. The van der Waals surface area contributed by atoms with Crippen LogP contribution >= 0.6 is 0 Å². The maximum atomic E-state index is 5.98. The number of hydrogen-bond donors (Lipinski definition) is 1. The van der Waals surface area contributed by atoms with E-state index < -0.39 is 0 Å².